The van der Waals surface area contributed by atoms with E-state index in [0.717, 1.165) is 22.8 Å². The molecule has 4 nitrogen and oxygen atoms in total. The molecule has 4 heteroatoms. The number of benzene rings is 2. The van der Waals surface area contributed by atoms with Gasteiger partial charge in [0.1, 0.15) is 17.2 Å². The smallest absolute Gasteiger partial charge is 0.123 e. The summed E-state index contributed by atoms with van der Waals surface area (Å²) in [6.45, 7) is 0.981. The van der Waals surface area contributed by atoms with Gasteiger partial charge in [-0.15, -0.1) is 0 Å². The molecule has 0 aromatic heterocycles. The normalized spacial score (nSPS) is 11.8. The van der Waals surface area contributed by atoms with Crippen molar-refractivity contribution in [2.45, 2.75) is 5.92 Å². The van der Waals surface area contributed by atoms with Crippen LogP contribution in [0.15, 0.2) is 48.5 Å². The van der Waals surface area contributed by atoms with Crippen LogP contribution in [0.25, 0.3) is 0 Å². The van der Waals surface area contributed by atoms with E-state index >= 15 is 0 Å². The minimum atomic E-state index is 0.0763. The van der Waals surface area contributed by atoms with Crippen LogP contribution in [-0.4, -0.2) is 27.4 Å². The lowest BCUT2D eigenvalue weighted by atomic mass is 9.99. The van der Waals surface area contributed by atoms with E-state index in [1.807, 2.05) is 48.5 Å². The second-order valence-electron chi connectivity index (χ2n) is 4.66. The zero-order valence-corrected chi connectivity index (χ0v) is 12.4. The molecular weight excluding hydrogens is 266 g/mol. The lowest BCUT2D eigenvalue weighted by Crippen LogP contribution is -2.20. The van der Waals surface area contributed by atoms with Crippen LogP contribution >= 0.6 is 0 Å². The molecule has 112 valence electrons. The minimum absolute atomic E-state index is 0.0763. The number of methoxy groups -OCH3 is 2. The number of rotatable bonds is 7. The van der Waals surface area contributed by atoms with Crippen molar-refractivity contribution in [2.24, 2.45) is 5.73 Å². The first-order valence-electron chi connectivity index (χ1n) is 6.88. The van der Waals surface area contributed by atoms with Crippen molar-refractivity contribution < 1.29 is 14.2 Å². The third kappa shape index (κ3) is 3.89. The summed E-state index contributed by atoms with van der Waals surface area (Å²) in [4.78, 5) is 0. The van der Waals surface area contributed by atoms with E-state index in [9.17, 15) is 0 Å². The highest BCUT2D eigenvalue weighted by molar-refractivity contribution is 5.37. The maximum Gasteiger partial charge on any atom is 0.123 e. The molecule has 21 heavy (non-hydrogen) atoms. The zero-order valence-electron chi connectivity index (χ0n) is 12.4. The maximum atomic E-state index is 5.89. The molecule has 0 amide bonds. The van der Waals surface area contributed by atoms with Crippen LogP contribution < -0.4 is 19.9 Å². The van der Waals surface area contributed by atoms with Gasteiger partial charge in [-0.1, -0.05) is 24.3 Å². The summed E-state index contributed by atoms with van der Waals surface area (Å²) in [7, 11) is 3.30. The van der Waals surface area contributed by atoms with E-state index in [1.165, 1.54) is 0 Å². The van der Waals surface area contributed by atoms with Gasteiger partial charge < -0.3 is 19.9 Å². The fraction of sp³-hybridized carbons (Fsp3) is 0.294. The Morgan fingerprint density at radius 2 is 1.71 bits per heavy atom. The second-order valence-corrected chi connectivity index (χ2v) is 4.66. The average Bonchev–Trinajstić information content (AvgIpc) is 2.56. The van der Waals surface area contributed by atoms with Crippen LogP contribution in [0.3, 0.4) is 0 Å². The van der Waals surface area contributed by atoms with Gasteiger partial charge in [0.15, 0.2) is 0 Å². The van der Waals surface area contributed by atoms with Crippen LogP contribution in [0.1, 0.15) is 11.5 Å². The van der Waals surface area contributed by atoms with Crippen molar-refractivity contribution in [3.63, 3.8) is 0 Å². The highest BCUT2D eigenvalue weighted by Gasteiger charge is 2.15. The Morgan fingerprint density at radius 1 is 0.952 bits per heavy atom. The molecule has 0 aliphatic carbocycles. The Balaban J connectivity index is 2.08. The molecule has 2 rings (SSSR count). The van der Waals surface area contributed by atoms with E-state index < -0.39 is 0 Å². The molecule has 0 saturated heterocycles. The van der Waals surface area contributed by atoms with Gasteiger partial charge in [0.25, 0.3) is 0 Å². The van der Waals surface area contributed by atoms with Crippen molar-refractivity contribution in [1.82, 2.24) is 0 Å². The van der Waals surface area contributed by atoms with E-state index in [1.54, 1.807) is 14.2 Å². The molecule has 0 bridgehead atoms. The standard InChI is InChI=1S/C17H21NO3/c1-19-14-6-5-7-15(10-14)21-12-13(11-18)16-8-3-4-9-17(16)20-2/h3-10,13H,11-12,18H2,1-2H3. The highest BCUT2D eigenvalue weighted by atomic mass is 16.5. The van der Waals surface area contributed by atoms with Gasteiger partial charge in [0, 0.05) is 24.1 Å². The molecule has 1 atom stereocenters. The minimum Gasteiger partial charge on any atom is -0.497 e. The Kier molecular flexibility index (Phi) is 5.46. The topological polar surface area (TPSA) is 53.7 Å². The molecule has 2 aromatic carbocycles. The lowest BCUT2D eigenvalue weighted by molar-refractivity contribution is 0.284. The molecule has 0 aliphatic heterocycles. The van der Waals surface area contributed by atoms with Crippen LogP contribution in [-0.2, 0) is 0 Å². The molecule has 0 aliphatic rings. The van der Waals surface area contributed by atoms with Crippen molar-refractivity contribution in [1.29, 1.82) is 0 Å². The molecule has 0 spiro atoms. The monoisotopic (exact) mass is 287 g/mol. The van der Waals surface area contributed by atoms with Crippen LogP contribution in [0, 0.1) is 0 Å². The SMILES string of the molecule is COc1cccc(OCC(CN)c2ccccc2OC)c1. The lowest BCUT2D eigenvalue weighted by Gasteiger charge is -2.19. The van der Waals surface area contributed by atoms with Crippen molar-refractivity contribution in [2.75, 3.05) is 27.4 Å². The Labute approximate surface area is 125 Å². The molecule has 0 heterocycles. The number of ether oxygens (including phenoxy) is 3. The average molecular weight is 287 g/mol. The molecule has 0 fully saturated rings. The molecule has 0 radical (unpaired) electrons. The third-order valence-corrected chi connectivity index (χ3v) is 3.36. The predicted octanol–water partition coefficient (Wildman–Crippen LogP) is 2.83. The van der Waals surface area contributed by atoms with Crippen molar-refractivity contribution >= 4 is 0 Å². The van der Waals surface area contributed by atoms with Crippen molar-refractivity contribution in [3.8, 4) is 17.2 Å². The number of nitrogens with two attached hydrogens (primary N) is 1. The second kappa shape index (κ2) is 7.55. The third-order valence-electron chi connectivity index (χ3n) is 3.36. The summed E-state index contributed by atoms with van der Waals surface area (Å²) < 4.78 is 16.4. The zero-order chi connectivity index (χ0) is 15.1. The summed E-state index contributed by atoms with van der Waals surface area (Å²) >= 11 is 0. The van der Waals surface area contributed by atoms with Crippen LogP contribution in [0.4, 0.5) is 0 Å². The number of hydrogen-bond acceptors (Lipinski definition) is 4. The van der Waals surface area contributed by atoms with E-state index in [-0.39, 0.29) is 5.92 Å². The van der Waals surface area contributed by atoms with Gasteiger partial charge in [0.2, 0.25) is 0 Å². The van der Waals surface area contributed by atoms with Gasteiger partial charge in [-0.05, 0) is 18.2 Å². The first-order valence-corrected chi connectivity index (χ1v) is 6.88. The quantitative estimate of drug-likeness (QED) is 0.851. The number of hydrogen-bond donors (Lipinski definition) is 1. The molecule has 0 saturated carbocycles. The first-order chi connectivity index (χ1) is 10.3. The van der Waals surface area contributed by atoms with Crippen LogP contribution in [0.5, 0.6) is 17.2 Å². The Hall–Kier alpha value is -2.20. The van der Waals surface area contributed by atoms with Gasteiger partial charge >= 0.3 is 0 Å². The fourth-order valence-electron chi connectivity index (χ4n) is 2.18. The van der Waals surface area contributed by atoms with Gasteiger partial charge in [-0.2, -0.15) is 0 Å². The predicted molar refractivity (Wildman–Crippen MR) is 83.3 cm³/mol. The summed E-state index contributed by atoms with van der Waals surface area (Å²) in [6.07, 6.45) is 0. The van der Waals surface area contributed by atoms with Gasteiger partial charge in [0.05, 0.1) is 20.8 Å². The molecule has 2 N–H and O–H groups in total. The fourth-order valence-corrected chi connectivity index (χ4v) is 2.18. The molecule has 1 unspecified atom stereocenters. The first kappa shape index (κ1) is 15.2. The summed E-state index contributed by atoms with van der Waals surface area (Å²) in [6, 6.07) is 15.4. The van der Waals surface area contributed by atoms with Crippen LogP contribution in [0.2, 0.25) is 0 Å². The van der Waals surface area contributed by atoms with E-state index in [2.05, 4.69) is 0 Å². The van der Waals surface area contributed by atoms with E-state index in [4.69, 9.17) is 19.9 Å². The number of para-hydroxylation sites is 1. The summed E-state index contributed by atoms with van der Waals surface area (Å²) in [5.41, 5.74) is 6.95. The largest absolute Gasteiger partial charge is 0.497 e. The highest BCUT2D eigenvalue weighted by Crippen LogP contribution is 2.27. The summed E-state index contributed by atoms with van der Waals surface area (Å²) in [5, 5.41) is 0. The maximum absolute atomic E-state index is 5.89. The van der Waals surface area contributed by atoms with E-state index in [0.29, 0.717) is 13.2 Å². The van der Waals surface area contributed by atoms with Gasteiger partial charge in [-0.25, -0.2) is 0 Å². The summed E-state index contributed by atoms with van der Waals surface area (Å²) in [5.74, 6) is 2.45. The molecular formula is C17H21NO3. The molecule has 2 aromatic rings. The Bertz CT molecular complexity index is 571. The Morgan fingerprint density at radius 3 is 2.43 bits per heavy atom. The van der Waals surface area contributed by atoms with Gasteiger partial charge in [-0.3, -0.25) is 0 Å². The van der Waals surface area contributed by atoms with Crippen molar-refractivity contribution in [3.05, 3.63) is 54.1 Å².